The number of para-hydroxylation sites is 1. The van der Waals surface area contributed by atoms with Gasteiger partial charge in [0.05, 0.1) is 10.5 Å². The minimum absolute atomic E-state index is 0.191. The second-order valence-corrected chi connectivity index (χ2v) is 8.25. The van der Waals surface area contributed by atoms with Crippen molar-refractivity contribution < 1.29 is 17.9 Å². The van der Waals surface area contributed by atoms with Gasteiger partial charge in [-0.25, -0.2) is 8.42 Å². The third-order valence-corrected chi connectivity index (χ3v) is 6.41. The minimum atomic E-state index is -3.51. The average Bonchev–Trinajstić information content (AvgIpc) is 2.73. The van der Waals surface area contributed by atoms with Crippen molar-refractivity contribution in [3.63, 3.8) is 0 Å². The van der Waals surface area contributed by atoms with Crippen LogP contribution in [0.2, 0.25) is 0 Å². The van der Waals surface area contributed by atoms with Crippen LogP contribution in [0.4, 0.5) is 0 Å². The van der Waals surface area contributed by atoms with E-state index in [9.17, 15) is 13.2 Å². The molecule has 0 unspecified atom stereocenters. The van der Waals surface area contributed by atoms with Crippen LogP contribution in [-0.2, 0) is 10.0 Å². The Morgan fingerprint density at radius 2 is 1.70 bits per heavy atom. The number of rotatable bonds is 6. The number of nitriles is 1. The maximum atomic E-state index is 12.6. The summed E-state index contributed by atoms with van der Waals surface area (Å²) in [5.74, 6) is 0.0577. The number of carbonyl (C=O) groups excluding carboxylic acids is 1. The summed E-state index contributed by atoms with van der Waals surface area (Å²) in [6, 6.07) is 14.6. The Bertz CT molecular complexity index is 956. The van der Waals surface area contributed by atoms with Crippen LogP contribution in [0.1, 0.15) is 35.2 Å². The van der Waals surface area contributed by atoms with Gasteiger partial charge in [0.25, 0.3) is 0 Å². The van der Waals surface area contributed by atoms with E-state index in [0.717, 1.165) is 19.3 Å². The van der Waals surface area contributed by atoms with Crippen molar-refractivity contribution in [3.8, 4) is 11.8 Å². The predicted octanol–water partition coefficient (Wildman–Crippen LogP) is 2.99. The summed E-state index contributed by atoms with van der Waals surface area (Å²) in [5.41, 5.74) is 0.718. The highest BCUT2D eigenvalue weighted by Gasteiger charge is 2.25. The smallest absolute Gasteiger partial charge is 0.243 e. The molecule has 0 amide bonds. The second kappa shape index (κ2) is 8.33. The highest BCUT2D eigenvalue weighted by Crippen LogP contribution is 2.21. The maximum absolute atomic E-state index is 12.6. The van der Waals surface area contributed by atoms with Crippen LogP contribution >= 0.6 is 0 Å². The molecule has 2 aromatic carbocycles. The number of carbonyl (C=O) groups is 1. The van der Waals surface area contributed by atoms with Gasteiger partial charge in [-0.15, -0.1) is 0 Å². The summed E-state index contributed by atoms with van der Waals surface area (Å²) < 4.78 is 32.2. The zero-order valence-electron chi connectivity index (χ0n) is 14.8. The fourth-order valence-electron chi connectivity index (χ4n) is 2.98. The number of benzene rings is 2. The fraction of sp³-hybridized carbons (Fsp3) is 0.300. The van der Waals surface area contributed by atoms with Gasteiger partial charge in [0, 0.05) is 18.7 Å². The first kappa shape index (κ1) is 19.1. The van der Waals surface area contributed by atoms with Crippen LogP contribution in [-0.4, -0.2) is 38.2 Å². The summed E-state index contributed by atoms with van der Waals surface area (Å²) in [6.45, 7) is 0.848. The number of nitrogens with zero attached hydrogens (tertiary/aromatic N) is 2. The number of piperidine rings is 1. The van der Waals surface area contributed by atoms with Gasteiger partial charge in [0.2, 0.25) is 10.0 Å². The Morgan fingerprint density at radius 1 is 1.04 bits per heavy atom. The van der Waals surface area contributed by atoms with E-state index >= 15 is 0 Å². The molecular weight excluding hydrogens is 364 g/mol. The van der Waals surface area contributed by atoms with Gasteiger partial charge in [-0.2, -0.15) is 9.57 Å². The van der Waals surface area contributed by atoms with Gasteiger partial charge < -0.3 is 4.74 Å². The zero-order valence-corrected chi connectivity index (χ0v) is 15.6. The zero-order chi connectivity index (χ0) is 19.3. The molecule has 7 heteroatoms. The van der Waals surface area contributed by atoms with Crippen molar-refractivity contribution in [2.24, 2.45) is 0 Å². The quantitative estimate of drug-likeness (QED) is 0.715. The van der Waals surface area contributed by atoms with Crippen molar-refractivity contribution in [2.45, 2.75) is 24.2 Å². The van der Waals surface area contributed by atoms with E-state index in [0.29, 0.717) is 30.0 Å². The number of hydrogen-bond donors (Lipinski definition) is 0. The average molecular weight is 384 g/mol. The van der Waals surface area contributed by atoms with Crippen molar-refractivity contribution >= 4 is 15.8 Å². The number of Topliss-reactive ketones (excluding diaryl/α,β-unsaturated/α-hetero) is 1. The Balaban J connectivity index is 1.68. The SMILES string of the molecule is N#Cc1ccccc1OCC(=O)c1ccc(S(=O)(=O)N2CCCCC2)cc1. The molecule has 1 aliphatic heterocycles. The lowest BCUT2D eigenvalue weighted by Crippen LogP contribution is -2.35. The fourth-order valence-corrected chi connectivity index (χ4v) is 4.50. The van der Waals surface area contributed by atoms with Gasteiger partial charge in [-0.1, -0.05) is 18.6 Å². The third-order valence-electron chi connectivity index (χ3n) is 4.50. The molecule has 0 radical (unpaired) electrons. The third kappa shape index (κ3) is 4.35. The Hall–Kier alpha value is -2.69. The largest absolute Gasteiger partial charge is 0.484 e. The van der Waals surface area contributed by atoms with Gasteiger partial charge in [0.1, 0.15) is 11.8 Å². The molecule has 3 rings (SSSR count). The number of ether oxygens (including phenoxy) is 1. The Labute approximate surface area is 159 Å². The number of ketones is 1. The van der Waals surface area contributed by atoms with E-state index < -0.39 is 10.0 Å². The molecule has 0 bridgehead atoms. The monoisotopic (exact) mass is 384 g/mol. The van der Waals surface area contributed by atoms with Crippen LogP contribution in [0.3, 0.4) is 0 Å². The van der Waals surface area contributed by atoms with Gasteiger partial charge >= 0.3 is 0 Å². The van der Waals surface area contributed by atoms with E-state index in [2.05, 4.69) is 0 Å². The summed E-state index contributed by atoms with van der Waals surface area (Å²) in [7, 11) is -3.51. The number of hydrogen-bond acceptors (Lipinski definition) is 5. The highest BCUT2D eigenvalue weighted by atomic mass is 32.2. The molecule has 1 heterocycles. The van der Waals surface area contributed by atoms with Crippen molar-refractivity contribution in [3.05, 3.63) is 59.7 Å². The summed E-state index contributed by atoms with van der Waals surface area (Å²) in [6.07, 6.45) is 2.79. The standard InChI is InChI=1S/C20H20N2O4S/c21-14-17-6-2-3-7-20(17)26-15-19(23)16-8-10-18(11-9-16)27(24,25)22-12-4-1-5-13-22/h2-3,6-11H,1,4-5,12-13,15H2. The molecule has 27 heavy (non-hydrogen) atoms. The molecular formula is C20H20N2O4S. The molecule has 0 aromatic heterocycles. The van der Waals surface area contributed by atoms with Crippen LogP contribution < -0.4 is 4.74 Å². The highest BCUT2D eigenvalue weighted by molar-refractivity contribution is 7.89. The van der Waals surface area contributed by atoms with Crippen molar-refractivity contribution in [1.82, 2.24) is 4.31 Å². The van der Waals surface area contributed by atoms with E-state index in [1.165, 1.54) is 28.6 Å². The summed E-state index contributed by atoms with van der Waals surface area (Å²) >= 11 is 0. The van der Waals surface area contributed by atoms with Gasteiger partial charge in [-0.05, 0) is 49.2 Å². The summed E-state index contributed by atoms with van der Waals surface area (Å²) in [4.78, 5) is 12.5. The lowest BCUT2D eigenvalue weighted by atomic mass is 10.1. The van der Waals surface area contributed by atoms with E-state index in [-0.39, 0.29) is 17.3 Å². The van der Waals surface area contributed by atoms with E-state index in [4.69, 9.17) is 10.00 Å². The number of sulfonamides is 1. The second-order valence-electron chi connectivity index (χ2n) is 6.31. The van der Waals surface area contributed by atoms with E-state index in [1.54, 1.807) is 24.3 Å². The molecule has 0 saturated carbocycles. The first-order valence-electron chi connectivity index (χ1n) is 8.78. The van der Waals surface area contributed by atoms with Crippen LogP contribution in [0, 0.1) is 11.3 Å². The molecule has 0 spiro atoms. The molecule has 6 nitrogen and oxygen atoms in total. The molecule has 1 fully saturated rings. The van der Waals surface area contributed by atoms with Gasteiger partial charge in [-0.3, -0.25) is 4.79 Å². The molecule has 0 aliphatic carbocycles. The molecule has 140 valence electrons. The van der Waals surface area contributed by atoms with Crippen LogP contribution in [0.5, 0.6) is 5.75 Å². The summed E-state index contributed by atoms with van der Waals surface area (Å²) in [5, 5.41) is 9.04. The molecule has 0 atom stereocenters. The first-order valence-corrected chi connectivity index (χ1v) is 10.2. The van der Waals surface area contributed by atoms with Crippen LogP contribution in [0.25, 0.3) is 0 Å². The lowest BCUT2D eigenvalue weighted by Gasteiger charge is -2.25. The van der Waals surface area contributed by atoms with E-state index in [1.807, 2.05) is 6.07 Å². The van der Waals surface area contributed by atoms with Gasteiger partial charge in [0.15, 0.2) is 12.4 Å². The predicted molar refractivity (Wildman–Crippen MR) is 100 cm³/mol. The normalized spacial score (nSPS) is 15.1. The molecule has 1 aliphatic rings. The topological polar surface area (TPSA) is 87.5 Å². The minimum Gasteiger partial charge on any atom is -0.484 e. The van der Waals surface area contributed by atoms with Crippen molar-refractivity contribution in [2.75, 3.05) is 19.7 Å². The molecule has 2 aromatic rings. The molecule has 1 saturated heterocycles. The Morgan fingerprint density at radius 3 is 2.37 bits per heavy atom. The molecule has 0 N–H and O–H groups in total. The first-order chi connectivity index (χ1) is 13.0. The lowest BCUT2D eigenvalue weighted by molar-refractivity contribution is 0.0921. The van der Waals surface area contributed by atoms with Crippen LogP contribution in [0.15, 0.2) is 53.4 Å². The maximum Gasteiger partial charge on any atom is 0.243 e. The van der Waals surface area contributed by atoms with Crippen molar-refractivity contribution in [1.29, 1.82) is 5.26 Å². The Kier molecular flexibility index (Phi) is 5.89.